The van der Waals surface area contributed by atoms with Gasteiger partial charge in [-0.2, -0.15) is 0 Å². The van der Waals surface area contributed by atoms with Crippen molar-refractivity contribution in [3.8, 4) is 11.6 Å². The molecule has 0 unspecified atom stereocenters. The third-order valence-corrected chi connectivity index (χ3v) is 2.83. The van der Waals surface area contributed by atoms with Gasteiger partial charge in [-0.3, -0.25) is 4.79 Å². The molecule has 8 heteroatoms. The molecular formula is C10H11N3O4S. The van der Waals surface area contributed by atoms with E-state index < -0.39 is 0 Å². The van der Waals surface area contributed by atoms with Gasteiger partial charge in [0.15, 0.2) is 5.69 Å². The Labute approximate surface area is 107 Å². The number of hydrogen-bond donors (Lipinski definition) is 0. The largest absolute Gasteiger partial charge is 0.469 e. The lowest BCUT2D eigenvalue weighted by Crippen LogP contribution is -2.00. The molecule has 2 aromatic heterocycles. The minimum absolute atomic E-state index is 0.269. The molecule has 2 aromatic rings. The van der Waals surface area contributed by atoms with E-state index in [0.717, 1.165) is 0 Å². The summed E-state index contributed by atoms with van der Waals surface area (Å²) in [6.07, 6.45) is 0.294. The van der Waals surface area contributed by atoms with E-state index in [9.17, 15) is 4.79 Å². The van der Waals surface area contributed by atoms with Gasteiger partial charge in [0.2, 0.25) is 0 Å². The Bertz CT molecular complexity index is 537. The highest BCUT2D eigenvalue weighted by atomic mass is 32.2. The van der Waals surface area contributed by atoms with Crippen molar-refractivity contribution in [2.45, 2.75) is 18.6 Å². The van der Waals surface area contributed by atoms with Gasteiger partial charge in [-0.15, -0.1) is 10.2 Å². The van der Waals surface area contributed by atoms with Crippen LogP contribution in [0.1, 0.15) is 12.2 Å². The van der Waals surface area contributed by atoms with Crippen molar-refractivity contribution in [3.05, 3.63) is 11.8 Å². The lowest BCUT2D eigenvalue weighted by atomic mass is 10.4. The van der Waals surface area contributed by atoms with Crippen molar-refractivity contribution in [2.75, 3.05) is 12.9 Å². The number of aryl methyl sites for hydroxylation is 1. The fourth-order valence-electron chi connectivity index (χ4n) is 1.16. The number of methoxy groups -OCH3 is 1. The normalized spacial score (nSPS) is 10.6. The van der Waals surface area contributed by atoms with E-state index in [1.807, 2.05) is 0 Å². The molecule has 0 aliphatic heterocycles. The first kappa shape index (κ1) is 12.6. The van der Waals surface area contributed by atoms with Gasteiger partial charge in [0.05, 0.1) is 13.5 Å². The number of rotatable bonds is 5. The second kappa shape index (κ2) is 5.67. The van der Waals surface area contributed by atoms with Crippen LogP contribution in [0.25, 0.3) is 11.6 Å². The molecule has 7 nitrogen and oxygen atoms in total. The van der Waals surface area contributed by atoms with Crippen LogP contribution >= 0.6 is 11.8 Å². The molecule has 0 amide bonds. The molecule has 0 N–H and O–H groups in total. The van der Waals surface area contributed by atoms with Gasteiger partial charge in [0.1, 0.15) is 5.76 Å². The number of carbonyl (C=O) groups is 1. The summed E-state index contributed by atoms with van der Waals surface area (Å²) in [6, 6.07) is 1.70. The summed E-state index contributed by atoms with van der Waals surface area (Å²) < 4.78 is 14.8. The average Bonchev–Trinajstić information content (AvgIpc) is 2.97. The standard InChI is InChI=1S/C10H11N3O4S/c1-6-5-7(13-17-6)9-11-12-10(16-9)18-4-3-8(14)15-2/h5H,3-4H2,1-2H3. The summed E-state index contributed by atoms with van der Waals surface area (Å²) in [6.45, 7) is 1.78. The molecule has 0 atom stereocenters. The van der Waals surface area contributed by atoms with Gasteiger partial charge < -0.3 is 13.7 Å². The average molecular weight is 269 g/mol. The monoisotopic (exact) mass is 269 g/mol. The highest BCUT2D eigenvalue weighted by Gasteiger charge is 2.13. The number of nitrogens with zero attached hydrogens (tertiary/aromatic N) is 3. The zero-order valence-corrected chi connectivity index (χ0v) is 10.7. The fourth-order valence-corrected chi connectivity index (χ4v) is 1.84. The number of hydrogen-bond acceptors (Lipinski definition) is 8. The molecule has 0 fully saturated rings. The van der Waals surface area contributed by atoms with Gasteiger partial charge in [0.25, 0.3) is 11.1 Å². The fraction of sp³-hybridized carbons (Fsp3) is 0.400. The summed E-state index contributed by atoms with van der Waals surface area (Å²) in [7, 11) is 1.35. The molecule has 96 valence electrons. The Morgan fingerprint density at radius 1 is 1.50 bits per heavy atom. The molecule has 0 aromatic carbocycles. The number of thioether (sulfide) groups is 1. The van der Waals surface area contributed by atoms with Crippen LogP contribution < -0.4 is 0 Å². The second-order valence-corrected chi connectivity index (χ2v) is 4.42. The molecule has 0 radical (unpaired) electrons. The number of ether oxygens (including phenoxy) is 1. The van der Waals surface area contributed by atoms with E-state index in [1.165, 1.54) is 18.9 Å². The lowest BCUT2D eigenvalue weighted by molar-refractivity contribution is -0.140. The minimum Gasteiger partial charge on any atom is -0.469 e. The van der Waals surface area contributed by atoms with Crippen molar-refractivity contribution in [3.63, 3.8) is 0 Å². The SMILES string of the molecule is COC(=O)CCSc1nnc(-c2cc(C)on2)o1. The van der Waals surface area contributed by atoms with Crippen LogP contribution in [-0.2, 0) is 9.53 Å². The second-order valence-electron chi connectivity index (χ2n) is 3.37. The Morgan fingerprint density at radius 2 is 2.33 bits per heavy atom. The van der Waals surface area contributed by atoms with Crippen molar-refractivity contribution in [1.29, 1.82) is 0 Å². The molecule has 0 aliphatic carbocycles. The Morgan fingerprint density at radius 3 is 3.00 bits per heavy atom. The predicted molar refractivity (Wildman–Crippen MR) is 61.9 cm³/mol. The molecule has 2 heterocycles. The molecule has 0 aliphatic rings. The molecule has 0 saturated heterocycles. The number of aromatic nitrogens is 3. The zero-order valence-electron chi connectivity index (χ0n) is 9.87. The summed E-state index contributed by atoms with van der Waals surface area (Å²) in [5, 5.41) is 11.8. The van der Waals surface area contributed by atoms with Crippen molar-refractivity contribution < 1.29 is 18.5 Å². The van der Waals surface area contributed by atoms with Crippen LogP contribution in [0.4, 0.5) is 0 Å². The maximum atomic E-state index is 10.9. The smallest absolute Gasteiger partial charge is 0.306 e. The lowest BCUT2D eigenvalue weighted by Gasteiger charge is -1.95. The zero-order chi connectivity index (χ0) is 13.0. The highest BCUT2D eigenvalue weighted by Crippen LogP contribution is 2.23. The highest BCUT2D eigenvalue weighted by molar-refractivity contribution is 7.99. The van der Waals surface area contributed by atoms with E-state index >= 15 is 0 Å². The Balaban J connectivity index is 1.92. The van der Waals surface area contributed by atoms with Gasteiger partial charge in [-0.25, -0.2) is 0 Å². The molecule has 18 heavy (non-hydrogen) atoms. The summed E-state index contributed by atoms with van der Waals surface area (Å²) in [4.78, 5) is 10.9. The van der Waals surface area contributed by atoms with Crippen LogP contribution in [0.3, 0.4) is 0 Å². The predicted octanol–water partition coefficient (Wildman–Crippen LogP) is 1.69. The van der Waals surface area contributed by atoms with Gasteiger partial charge in [-0.05, 0) is 6.92 Å². The Hall–Kier alpha value is -1.83. The molecule has 2 rings (SSSR count). The summed E-state index contributed by atoms with van der Waals surface area (Å²) in [5.74, 6) is 1.22. The number of carbonyl (C=O) groups excluding carboxylic acids is 1. The molecule has 0 spiro atoms. The quantitative estimate of drug-likeness (QED) is 0.598. The van der Waals surface area contributed by atoms with Gasteiger partial charge >= 0.3 is 5.97 Å². The van der Waals surface area contributed by atoms with Crippen LogP contribution in [0, 0.1) is 6.92 Å². The van der Waals surface area contributed by atoms with Crippen LogP contribution in [0.15, 0.2) is 20.2 Å². The van der Waals surface area contributed by atoms with Crippen molar-refractivity contribution in [1.82, 2.24) is 15.4 Å². The maximum Gasteiger partial charge on any atom is 0.306 e. The van der Waals surface area contributed by atoms with E-state index in [0.29, 0.717) is 34.7 Å². The van der Waals surface area contributed by atoms with E-state index in [4.69, 9.17) is 8.94 Å². The summed E-state index contributed by atoms with van der Waals surface area (Å²) >= 11 is 1.29. The molecule has 0 bridgehead atoms. The van der Waals surface area contributed by atoms with Crippen LogP contribution in [-0.4, -0.2) is 34.2 Å². The maximum absolute atomic E-state index is 10.9. The van der Waals surface area contributed by atoms with Crippen LogP contribution in [0.2, 0.25) is 0 Å². The van der Waals surface area contributed by atoms with E-state index in [1.54, 1.807) is 13.0 Å². The minimum atomic E-state index is -0.269. The van der Waals surface area contributed by atoms with Crippen molar-refractivity contribution in [2.24, 2.45) is 0 Å². The topological polar surface area (TPSA) is 91.2 Å². The van der Waals surface area contributed by atoms with E-state index in [-0.39, 0.29) is 5.97 Å². The van der Waals surface area contributed by atoms with Gasteiger partial charge in [-0.1, -0.05) is 16.9 Å². The third-order valence-electron chi connectivity index (χ3n) is 2.01. The first-order valence-electron chi connectivity index (χ1n) is 5.16. The first-order chi connectivity index (χ1) is 8.69. The summed E-state index contributed by atoms with van der Waals surface area (Å²) in [5.41, 5.74) is 0.500. The van der Waals surface area contributed by atoms with E-state index in [2.05, 4.69) is 20.1 Å². The molecular weight excluding hydrogens is 258 g/mol. The number of esters is 1. The van der Waals surface area contributed by atoms with Crippen molar-refractivity contribution >= 4 is 17.7 Å². The Kier molecular flexibility index (Phi) is 3.98. The van der Waals surface area contributed by atoms with Crippen LogP contribution in [0.5, 0.6) is 0 Å². The van der Waals surface area contributed by atoms with Gasteiger partial charge in [0, 0.05) is 11.8 Å². The third kappa shape index (κ3) is 3.10. The first-order valence-corrected chi connectivity index (χ1v) is 6.14. The molecule has 0 saturated carbocycles.